The number of rotatable bonds is 4. The second-order valence-corrected chi connectivity index (χ2v) is 8.59. The Morgan fingerprint density at radius 2 is 1.87 bits per heavy atom. The van der Waals surface area contributed by atoms with Gasteiger partial charge in [-0.25, -0.2) is 4.83 Å². The van der Waals surface area contributed by atoms with Crippen molar-refractivity contribution in [1.82, 2.24) is 4.83 Å². The van der Waals surface area contributed by atoms with Gasteiger partial charge in [-0.3, -0.25) is 0 Å². The summed E-state index contributed by atoms with van der Waals surface area (Å²) in [6, 6.07) is 6.68. The molecule has 1 aromatic rings. The molecular formula is C17H24N2O3S. The Kier molecular flexibility index (Phi) is 4.23. The Morgan fingerprint density at radius 1 is 1.22 bits per heavy atom. The van der Waals surface area contributed by atoms with Crippen LogP contribution in [0.1, 0.15) is 44.6 Å². The van der Waals surface area contributed by atoms with Crippen LogP contribution >= 0.6 is 0 Å². The second kappa shape index (κ2) is 5.91. The van der Waals surface area contributed by atoms with Crippen molar-refractivity contribution in [3.8, 4) is 0 Å². The normalized spacial score (nSPS) is 30.4. The van der Waals surface area contributed by atoms with Crippen LogP contribution in [0.15, 0.2) is 34.3 Å². The fourth-order valence-corrected chi connectivity index (χ4v) is 4.31. The molecule has 2 N–H and O–H groups in total. The molecule has 0 spiro atoms. The topological polar surface area (TPSA) is 78.8 Å². The highest BCUT2D eigenvalue weighted by molar-refractivity contribution is 7.89. The van der Waals surface area contributed by atoms with E-state index in [0.717, 1.165) is 43.4 Å². The summed E-state index contributed by atoms with van der Waals surface area (Å²) < 4.78 is 24.8. The summed E-state index contributed by atoms with van der Waals surface area (Å²) in [6.45, 7) is 3.93. The SMILES string of the molecule is Cc1ccc(S(=O)(=O)N/N=C2\CCC[C@H](O)[C@]2(C)C2CC2)cc1. The van der Waals surface area contributed by atoms with Gasteiger partial charge in [0.15, 0.2) is 0 Å². The van der Waals surface area contributed by atoms with Crippen LogP contribution in [0, 0.1) is 18.3 Å². The summed E-state index contributed by atoms with van der Waals surface area (Å²) in [6.07, 6.45) is 4.06. The minimum atomic E-state index is -3.67. The van der Waals surface area contributed by atoms with Crippen molar-refractivity contribution in [3.05, 3.63) is 29.8 Å². The van der Waals surface area contributed by atoms with Crippen molar-refractivity contribution in [2.45, 2.75) is 57.0 Å². The first-order chi connectivity index (χ1) is 10.8. The number of aliphatic hydroxyl groups excluding tert-OH is 1. The number of aliphatic hydroxyl groups is 1. The number of aryl methyl sites for hydroxylation is 1. The molecule has 2 aliphatic carbocycles. The average Bonchev–Trinajstić information content (AvgIpc) is 3.34. The first-order valence-corrected chi connectivity index (χ1v) is 9.66. The Labute approximate surface area is 137 Å². The van der Waals surface area contributed by atoms with Crippen LogP contribution in [-0.4, -0.2) is 25.3 Å². The molecule has 0 amide bonds. The molecule has 5 nitrogen and oxygen atoms in total. The monoisotopic (exact) mass is 336 g/mol. The van der Waals surface area contributed by atoms with Crippen molar-refractivity contribution in [2.75, 3.05) is 0 Å². The van der Waals surface area contributed by atoms with E-state index >= 15 is 0 Å². The van der Waals surface area contributed by atoms with E-state index in [4.69, 9.17) is 0 Å². The van der Waals surface area contributed by atoms with Gasteiger partial charge < -0.3 is 5.11 Å². The second-order valence-electron chi connectivity index (χ2n) is 6.93. The molecule has 1 aromatic carbocycles. The van der Waals surface area contributed by atoms with E-state index < -0.39 is 21.5 Å². The van der Waals surface area contributed by atoms with Gasteiger partial charge in [-0.15, -0.1) is 0 Å². The van der Waals surface area contributed by atoms with Gasteiger partial charge in [-0.1, -0.05) is 24.6 Å². The molecular weight excluding hydrogens is 312 g/mol. The molecule has 0 heterocycles. The van der Waals surface area contributed by atoms with Crippen LogP contribution in [0.25, 0.3) is 0 Å². The standard InChI is InChI=1S/C17H24N2O3S/c1-12-6-10-14(11-7-12)23(21,22)19-18-15-4-3-5-16(20)17(15,2)13-8-9-13/h6-7,10-11,13,16,19-20H,3-5,8-9H2,1-2H3/b18-15+/t16-,17+/m0/s1. The zero-order valence-corrected chi connectivity index (χ0v) is 14.4. The molecule has 0 unspecified atom stereocenters. The largest absolute Gasteiger partial charge is 0.392 e. The fraction of sp³-hybridized carbons (Fsp3) is 0.588. The lowest BCUT2D eigenvalue weighted by molar-refractivity contribution is 0.0485. The summed E-state index contributed by atoms with van der Waals surface area (Å²) in [5, 5.41) is 14.7. The molecule has 2 aliphatic rings. The van der Waals surface area contributed by atoms with Gasteiger partial charge in [-0.05, 0) is 57.1 Å². The van der Waals surface area contributed by atoms with Crippen molar-refractivity contribution in [2.24, 2.45) is 16.4 Å². The van der Waals surface area contributed by atoms with E-state index in [1.165, 1.54) is 0 Å². The fourth-order valence-electron chi connectivity index (χ4n) is 3.48. The molecule has 126 valence electrons. The summed E-state index contributed by atoms with van der Waals surface area (Å²) in [4.78, 5) is 2.58. The number of benzene rings is 1. The minimum absolute atomic E-state index is 0.205. The van der Waals surface area contributed by atoms with E-state index in [2.05, 4.69) is 9.93 Å². The van der Waals surface area contributed by atoms with E-state index in [1.807, 2.05) is 13.8 Å². The summed E-state index contributed by atoms with van der Waals surface area (Å²) in [7, 11) is -3.67. The van der Waals surface area contributed by atoms with Gasteiger partial charge in [0, 0.05) is 11.1 Å². The van der Waals surface area contributed by atoms with Gasteiger partial charge in [0.2, 0.25) is 0 Å². The maximum absolute atomic E-state index is 12.4. The average molecular weight is 336 g/mol. The molecule has 2 fully saturated rings. The predicted molar refractivity (Wildman–Crippen MR) is 89.6 cm³/mol. The quantitative estimate of drug-likeness (QED) is 0.830. The highest BCUT2D eigenvalue weighted by Gasteiger charge is 2.51. The first kappa shape index (κ1) is 16.5. The van der Waals surface area contributed by atoms with Gasteiger partial charge in [0.05, 0.1) is 11.0 Å². The van der Waals surface area contributed by atoms with Crippen LogP contribution in [0.4, 0.5) is 0 Å². The number of hydrogen-bond donors (Lipinski definition) is 2. The van der Waals surface area contributed by atoms with Crippen LogP contribution in [0.3, 0.4) is 0 Å². The van der Waals surface area contributed by atoms with Crippen molar-refractivity contribution < 1.29 is 13.5 Å². The number of hydrogen-bond acceptors (Lipinski definition) is 4. The van der Waals surface area contributed by atoms with E-state index in [1.54, 1.807) is 24.3 Å². The zero-order valence-electron chi connectivity index (χ0n) is 13.6. The molecule has 0 aliphatic heterocycles. The van der Waals surface area contributed by atoms with E-state index in [9.17, 15) is 13.5 Å². The molecule has 0 saturated heterocycles. The van der Waals surface area contributed by atoms with Crippen molar-refractivity contribution in [1.29, 1.82) is 0 Å². The summed E-state index contributed by atoms with van der Waals surface area (Å²) >= 11 is 0. The first-order valence-electron chi connectivity index (χ1n) is 8.17. The minimum Gasteiger partial charge on any atom is -0.392 e. The maximum atomic E-state index is 12.4. The molecule has 0 radical (unpaired) electrons. The van der Waals surface area contributed by atoms with Crippen LogP contribution in [-0.2, 0) is 10.0 Å². The van der Waals surface area contributed by atoms with Crippen LogP contribution < -0.4 is 4.83 Å². The van der Waals surface area contributed by atoms with Crippen LogP contribution in [0.2, 0.25) is 0 Å². The van der Waals surface area contributed by atoms with E-state index in [0.29, 0.717) is 5.92 Å². The van der Waals surface area contributed by atoms with Gasteiger partial charge in [0.25, 0.3) is 10.0 Å². The Balaban J connectivity index is 1.84. The molecule has 6 heteroatoms. The molecule has 23 heavy (non-hydrogen) atoms. The number of nitrogens with one attached hydrogen (secondary N) is 1. The van der Waals surface area contributed by atoms with Gasteiger partial charge >= 0.3 is 0 Å². The number of nitrogens with zero attached hydrogens (tertiary/aromatic N) is 1. The molecule has 2 atom stereocenters. The van der Waals surface area contributed by atoms with Crippen LogP contribution in [0.5, 0.6) is 0 Å². The van der Waals surface area contributed by atoms with Gasteiger partial charge in [-0.2, -0.15) is 13.5 Å². The lowest BCUT2D eigenvalue weighted by Gasteiger charge is -2.40. The zero-order chi connectivity index (χ0) is 16.7. The lowest BCUT2D eigenvalue weighted by Crippen LogP contribution is -2.46. The lowest BCUT2D eigenvalue weighted by atomic mass is 9.68. The molecule has 3 rings (SSSR count). The third-order valence-corrected chi connectivity index (χ3v) is 6.49. The predicted octanol–water partition coefficient (Wildman–Crippen LogP) is 2.59. The Morgan fingerprint density at radius 3 is 2.48 bits per heavy atom. The molecule has 2 saturated carbocycles. The van der Waals surface area contributed by atoms with Gasteiger partial charge in [0.1, 0.15) is 0 Å². The van der Waals surface area contributed by atoms with Crippen molar-refractivity contribution >= 4 is 15.7 Å². The molecule has 0 bridgehead atoms. The van der Waals surface area contributed by atoms with Crippen molar-refractivity contribution in [3.63, 3.8) is 0 Å². The highest BCUT2D eigenvalue weighted by atomic mass is 32.2. The number of hydrazone groups is 1. The summed E-state index contributed by atoms with van der Waals surface area (Å²) in [5.41, 5.74) is 1.40. The Bertz CT molecular complexity index is 708. The third-order valence-electron chi connectivity index (χ3n) is 5.26. The highest BCUT2D eigenvalue weighted by Crippen LogP contribution is 2.51. The maximum Gasteiger partial charge on any atom is 0.276 e. The van der Waals surface area contributed by atoms with E-state index in [-0.39, 0.29) is 4.90 Å². The smallest absolute Gasteiger partial charge is 0.276 e. The summed E-state index contributed by atoms with van der Waals surface area (Å²) in [5.74, 6) is 0.417. The molecule has 0 aromatic heterocycles. The Hall–Kier alpha value is -1.40. The number of sulfonamides is 1. The third kappa shape index (κ3) is 3.15.